The van der Waals surface area contributed by atoms with Crippen molar-refractivity contribution in [1.82, 2.24) is 4.57 Å². The maximum Gasteiger partial charge on any atom is 0.419 e. The van der Waals surface area contributed by atoms with Crippen LogP contribution in [0.25, 0.3) is 11.1 Å². The summed E-state index contributed by atoms with van der Waals surface area (Å²) in [5.74, 6) is 0.0911. The average Bonchev–Trinajstić information content (AvgIpc) is 3.51. The van der Waals surface area contributed by atoms with Crippen LogP contribution in [-0.4, -0.2) is 17.1 Å². The Labute approximate surface area is 207 Å². The first-order chi connectivity index (χ1) is 17.6. The van der Waals surface area contributed by atoms with Gasteiger partial charge < -0.3 is 9.15 Å². The smallest absolute Gasteiger partial charge is 0.419 e. The van der Waals surface area contributed by atoms with Gasteiger partial charge in [-0.15, -0.1) is 0 Å². The Morgan fingerprint density at radius 3 is 2.14 bits per heavy atom. The van der Waals surface area contributed by atoms with E-state index in [0.717, 1.165) is 27.9 Å². The molecule has 6 nitrogen and oxygen atoms in total. The average molecular weight is 475 g/mol. The molecule has 0 radical (unpaired) electrons. The molecule has 1 unspecified atom stereocenters. The summed E-state index contributed by atoms with van der Waals surface area (Å²) < 4.78 is 13.1. The summed E-state index contributed by atoms with van der Waals surface area (Å²) in [6.07, 6.45) is 0. The predicted octanol–water partition coefficient (Wildman–Crippen LogP) is 4.95. The molecule has 0 N–H and O–H groups in total. The molecule has 1 spiro atoms. The molecule has 2 aliphatic rings. The molecule has 7 rings (SSSR count). The molecule has 5 aromatic rings. The molecule has 0 saturated carbocycles. The van der Waals surface area contributed by atoms with Crippen molar-refractivity contribution in [2.45, 2.75) is 11.5 Å². The quantitative estimate of drug-likeness (QED) is 0.371. The number of carbonyl (C=O) groups excluding carboxylic acids is 1. The number of fused-ring (bicyclic) bond motifs is 5. The molecule has 0 aliphatic carbocycles. The number of hydrogen-bond acceptors (Lipinski definition) is 4. The van der Waals surface area contributed by atoms with Gasteiger partial charge in [0.15, 0.2) is 5.58 Å². The van der Waals surface area contributed by atoms with E-state index in [1.54, 1.807) is 19.2 Å². The molecule has 0 fully saturated rings. The van der Waals surface area contributed by atoms with Crippen LogP contribution in [-0.2, 0) is 17.3 Å². The van der Waals surface area contributed by atoms with E-state index in [4.69, 9.17) is 9.15 Å². The molecule has 36 heavy (non-hydrogen) atoms. The lowest BCUT2D eigenvalue weighted by molar-refractivity contribution is -0.122. The first kappa shape index (κ1) is 20.8. The van der Waals surface area contributed by atoms with E-state index in [9.17, 15) is 9.59 Å². The minimum Gasteiger partial charge on any atom is -0.491 e. The lowest BCUT2D eigenvalue weighted by atomic mass is 9.77. The number of benzene rings is 4. The molecule has 0 saturated heterocycles. The van der Waals surface area contributed by atoms with Crippen LogP contribution in [0.2, 0.25) is 0 Å². The number of oxazole rings is 1. The molecule has 1 atom stereocenters. The summed E-state index contributed by atoms with van der Waals surface area (Å²) in [7, 11) is 1.66. The van der Waals surface area contributed by atoms with Gasteiger partial charge in [-0.05, 0) is 28.8 Å². The number of nitrogens with zero attached hydrogens (tertiary/aromatic N) is 2. The third-order valence-electron chi connectivity index (χ3n) is 7.49. The molecule has 3 heterocycles. The number of para-hydroxylation sites is 1. The van der Waals surface area contributed by atoms with Gasteiger partial charge in [-0.3, -0.25) is 14.3 Å². The van der Waals surface area contributed by atoms with E-state index in [1.807, 2.05) is 65.6 Å². The normalized spacial score (nSPS) is 18.2. The van der Waals surface area contributed by atoms with Crippen LogP contribution in [0.5, 0.6) is 5.75 Å². The number of hydrogen-bond donors (Lipinski definition) is 0. The topological polar surface area (TPSA) is 64.7 Å². The minimum atomic E-state index is -1.03. The largest absolute Gasteiger partial charge is 0.491 e. The number of anilines is 1. The third-order valence-corrected chi connectivity index (χ3v) is 7.49. The standard InChI is InChI=1S/C30H22N2O4/c1-31-24-17-25-22(16-26(24)36-29(31)34)30(18-35-25)21-14-8-9-15-23(21)32(28(30)33)27(19-10-4-2-5-11-19)20-12-6-3-7-13-20/h2-17,27H,18H2,1H3. The molecule has 1 amide bonds. The number of aromatic nitrogens is 1. The summed E-state index contributed by atoms with van der Waals surface area (Å²) >= 11 is 0. The minimum absolute atomic E-state index is 0.0576. The van der Waals surface area contributed by atoms with Crippen molar-refractivity contribution in [3.05, 3.63) is 130 Å². The van der Waals surface area contributed by atoms with Crippen LogP contribution in [0.1, 0.15) is 28.3 Å². The maximum atomic E-state index is 14.7. The van der Waals surface area contributed by atoms with Crippen LogP contribution in [0, 0.1) is 0 Å². The first-order valence-corrected chi connectivity index (χ1v) is 11.9. The van der Waals surface area contributed by atoms with E-state index in [-0.39, 0.29) is 18.6 Å². The van der Waals surface area contributed by atoms with E-state index in [0.29, 0.717) is 16.8 Å². The lowest BCUT2D eigenvalue weighted by Gasteiger charge is -2.31. The number of amides is 1. The fourth-order valence-corrected chi connectivity index (χ4v) is 5.76. The molecule has 4 aromatic carbocycles. The second kappa shape index (κ2) is 7.46. The second-order valence-corrected chi connectivity index (χ2v) is 9.35. The predicted molar refractivity (Wildman–Crippen MR) is 136 cm³/mol. The molecule has 6 heteroatoms. The Kier molecular flexibility index (Phi) is 4.30. The highest BCUT2D eigenvalue weighted by Gasteiger charge is 2.58. The van der Waals surface area contributed by atoms with Crippen LogP contribution in [0.15, 0.2) is 106 Å². The van der Waals surface area contributed by atoms with Crippen molar-refractivity contribution >= 4 is 22.7 Å². The summed E-state index contributed by atoms with van der Waals surface area (Å²) in [6, 6.07) is 31.4. The molecule has 1 aromatic heterocycles. The van der Waals surface area contributed by atoms with E-state index in [1.165, 1.54) is 4.57 Å². The van der Waals surface area contributed by atoms with Crippen LogP contribution < -0.4 is 15.4 Å². The van der Waals surface area contributed by atoms with Gasteiger partial charge in [-0.2, -0.15) is 0 Å². The van der Waals surface area contributed by atoms with E-state index >= 15 is 0 Å². The third kappa shape index (κ3) is 2.67. The maximum absolute atomic E-state index is 14.7. The molecular formula is C30H22N2O4. The van der Waals surface area contributed by atoms with Gasteiger partial charge in [-0.1, -0.05) is 78.9 Å². The van der Waals surface area contributed by atoms with Gasteiger partial charge in [0.1, 0.15) is 17.8 Å². The summed E-state index contributed by atoms with van der Waals surface area (Å²) in [5.41, 5.74) is 4.56. The van der Waals surface area contributed by atoms with Gasteiger partial charge in [0.25, 0.3) is 0 Å². The second-order valence-electron chi connectivity index (χ2n) is 9.35. The van der Waals surface area contributed by atoms with Gasteiger partial charge in [0, 0.05) is 24.4 Å². The van der Waals surface area contributed by atoms with Gasteiger partial charge >= 0.3 is 5.76 Å². The van der Waals surface area contributed by atoms with Crippen LogP contribution in [0.3, 0.4) is 0 Å². The van der Waals surface area contributed by atoms with E-state index in [2.05, 4.69) is 24.3 Å². The zero-order valence-electron chi connectivity index (χ0n) is 19.5. The van der Waals surface area contributed by atoms with Crippen molar-refractivity contribution in [1.29, 1.82) is 0 Å². The molecule has 2 aliphatic heterocycles. The van der Waals surface area contributed by atoms with Gasteiger partial charge in [0.05, 0.1) is 11.6 Å². The Morgan fingerprint density at radius 1 is 0.806 bits per heavy atom. The summed E-state index contributed by atoms with van der Waals surface area (Å²) in [6.45, 7) is 0.186. The van der Waals surface area contributed by atoms with Crippen molar-refractivity contribution in [2.24, 2.45) is 7.05 Å². The molecule has 176 valence electrons. The number of ether oxygens (including phenoxy) is 1. The summed E-state index contributed by atoms with van der Waals surface area (Å²) in [5, 5.41) is 0. The van der Waals surface area contributed by atoms with Gasteiger partial charge in [-0.25, -0.2) is 4.79 Å². The zero-order chi connectivity index (χ0) is 24.4. The number of carbonyl (C=O) groups is 1. The van der Waals surface area contributed by atoms with Gasteiger partial charge in [0.2, 0.25) is 5.91 Å². The fourth-order valence-electron chi connectivity index (χ4n) is 5.76. The number of aryl methyl sites for hydroxylation is 1. The van der Waals surface area contributed by atoms with Crippen molar-refractivity contribution in [3.8, 4) is 5.75 Å². The highest BCUT2D eigenvalue weighted by molar-refractivity contribution is 6.12. The number of rotatable bonds is 3. The lowest BCUT2D eigenvalue weighted by Crippen LogP contribution is -2.44. The Balaban J connectivity index is 1.48. The van der Waals surface area contributed by atoms with Crippen molar-refractivity contribution in [2.75, 3.05) is 11.5 Å². The highest BCUT2D eigenvalue weighted by atomic mass is 16.5. The Bertz CT molecular complexity index is 1660. The Morgan fingerprint density at radius 2 is 1.44 bits per heavy atom. The zero-order valence-corrected chi connectivity index (χ0v) is 19.5. The van der Waals surface area contributed by atoms with E-state index < -0.39 is 11.2 Å². The highest BCUT2D eigenvalue weighted by Crippen LogP contribution is 2.55. The monoisotopic (exact) mass is 474 g/mol. The SMILES string of the molecule is Cn1c(=O)oc2cc3c(cc21)OCC31C(=O)N(C(c2ccccc2)c2ccccc2)c2ccccc21. The summed E-state index contributed by atoms with van der Waals surface area (Å²) in [4.78, 5) is 28.8. The Hall–Kier alpha value is -4.58. The van der Waals surface area contributed by atoms with Crippen molar-refractivity contribution in [3.63, 3.8) is 0 Å². The molecule has 0 bridgehead atoms. The first-order valence-electron chi connectivity index (χ1n) is 11.9. The van der Waals surface area contributed by atoms with Crippen molar-refractivity contribution < 1.29 is 13.9 Å². The van der Waals surface area contributed by atoms with Crippen LogP contribution in [0.4, 0.5) is 5.69 Å². The molecular weight excluding hydrogens is 452 g/mol. The fraction of sp³-hybridized carbons (Fsp3) is 0.133. The van der Waals surface area contributed by atoms with Crippen LogP contribution >= 0.6 is 0 Å².